The van der Waals surface area contributed by atoms with Crippen LogP contribution >= 0.6 is 11.6 Å². The minimum Gasteiger partial charge on any atom is -0.327 e. The smallest absolute Gasteiger partial charge is 0.0412 e. The van der Waals surface area contributed by atoms with Crippen molar-refractivity contribution in [3.05, 3.63) is 53.3 Å². The predicted octanol–water partition coefficient (Wildman–Crippen LogP) is 3.74. The Kier molecular flexibility index (Phi) is 3.44. The molecule has 0 radical (unpaired) electrons. The van der Waals surface area contributed by atoms with Crippen LogP contribution in [0.3, 0.4) is 0 Å². The van der Waals surface area contributed by atoms with E-state index < -0.39 is 0 Å². The molecule has 4 aliphatic rings. The average molecular weight is 340 g/mol. The summed E-state index contributed by atoms with van der Waals surface area (Å²) in [6, 6.07) is 11.1. The third-order valence-electron chi connectivity index (χ3n) is 6.30. The summed E-state index contributed by atoms with van der Waals surface area (Å²) in [7, 11) is 0. The van der Waals surface area contributed by atoms with Gasteiger partial charge in [-0.2, -0.15) is 0 Å². The summed E-state index contributed by atoms with van der Waals surface area (Å²) in [5.74, 6) is 2.13. The van der Waals surface area contributed by atoms with Crippen LogP contribution < -0.4 is 5.73 Å². The van der Waals surface area contributed by atoms with Gasteiger partial charge < -0.3 is 5.73 Å². The van der Waals surface area contributed by atoms with E-state index in [0.29, 0.717) is 23.9 Å². The molecule has 2 N–H and O–H groups in total. The number of hydrogen-bond donors (Lipinski definition) is 1. The van der Waals surface area contributed by atoms with Gasteiger partial charge in [0.25, 0.3) is 0 Å². The third kappa shape index (κ3) is 2.30. The van der Waals surface area contributed by atoms with E-state index in [1.54, 1.807) is 0 Å². The molecule has 0 amide bonds. The molecule has 3 aliphatic heterocycles. The van der Waals surface area contributed by atoms with Crippen LogP contribution in [0.5, 0.6) is 0 Å². The van der Waals surface area contributed by atoms with Crippen molar-refractivity contribution >= 4 is 11.6 Å². The van der Waals surface area contributed by atoms with Gasteiger partial charge in [0.2, 0.25) is 0 Å². The van der Waals surface area contributed by atoms with Gasteiger partial charge in [0.05, 0.1) is 0 Å². The van der Waals surface area contributed by atoms with Crippen LogP contribution in [-0.2, 0) is 0 Å². The van der Waals surface area contributed by atoms with Crippen LogP contribution in [0.1, 0.15) is 24.4 Å². The molecule has 24 heavy (non-hydrogen) atoms. The van der Waals surface area contributed by atoms with Gasteiger partial charge in [-0.3, -0.25) is 9.88 Å². The van der Waals surface area contributed by atoms with Crippen LogP contribution in [0.2, 0.25) is 5.02 Å². The van der Waals surface area contributed by atoms with Crippen molar-refractivity contribution in [1.29, 1.82) is 0 Å². The quantitative estimate of drug-likeness (QED) is 0.906. The SMILES string of the molecule is NC1C2CC3CC1C(c1cncc(-c4cccc(Cl)c4)c1)N(C3)C2. The monoisotopic (exact) mass is 339 g/mol. The zero-order valence-corrected chi connectivity index (χ0v) is 14.4. The molecular formula is C20H22ClN3. The van der Waals surface area contributed by atoms with Crippen molar-refractivity contribution in [3.8, 4) is 11.1 Å². The maximum Gasteiger partial charge on any atom is 0.0412 e. The summed E-state index contributed by atoms with van der Waals surface area (Å²) in [6.07, 6.45) is 6.58. The molecule has 124 valence electrons. The number of nitrogens with two attached hydrogens (primary N) is 1. The minimum atomic E-state index is 0.345. The van der Waals surface area contributed by atoms with Gasteiger partial charge in [0.15, 0.2) is 0 Å². The number of rotatable bonds is 2. The highest BCUT2D eigenvalue weighted by atomic mass is 35.5. The number of benzene rings is 1. The molecular weight excluding hydrogens is 318 g/mol. The van der Waals surface area contributed by atoms with Crippen molar-refractivity contribution in [1.82, 2.24) is 9.88 Å². The van der Waals surface area contributed by atoms with Crippen LogP contribution in [0.4, 0.5) is 0 Å². The molecule has 4 heterocycles. The lowest BCUT2D eigenvalue weighted by Gasteiger charge is -2.59. The number of nitrogens with zero attached hydrogens (tertiary/aromatic N) is 2. The molecule has 1 aromatic heterocycles. The van der Waals surface area contributed by atoms with Gasteiger partial charge in [0, 0.05) is 48.2 Å². The first kappa shape index (κ1) is 14.9. The Bertz CT molecular complexity index is 777. The molecule has 6 rings (SSSR count). The second-order valence-electron chi connectivity index (χ2n) is 7.75. The first-order valence-corrected chi connectivity index (χ1v) is 9.27. The largest absolute Gasteiger partial charge is 0.327 e. The molecule has 4 bridgehead atoms. The Morgan fingerprint density at radius 1 is 1.08 bits per heavy atom. The second kappa shape index (κ2) is 5.55. The standard InChI is InChI=1S/C20H22ClN3/c21-17-3-1-2-13(7-17)14-6-15(9-23-8-14)20-18-5-12-4-16(19(18)22)11-24(20)10-12/h1-3,6-9,12,16,18-20H,4-5,10-11,22H2. The van der Waals surface area contributed by atoms with E-state index in [-0.39, 0.29) is 0 Å². The molecule has 3 nitrogen and oxygen atoms in total. The van der Waals surface area contributed by atoms with Crippen LogP contribution in [0.25, 0.3) is 11.1 Å². The molecule has 1 aliphatic carbocycles. The van der Waals surface area contributed by atoms with Gasteiger partial charge in [-0.05, 0) is 59.9 Å². The summed E-state index contributed by atoms with van der Waals surface area (Å²) in [4.78, 5) is 7.20. The Morgan fingerprint density at radius 2 is 2.00 bits per heavy atom. The molecule has 2 aromatic rings. The fraction of sp³-hybridized carbons (Fsp3) is 0.450. The lowest BCUT2D eigenvalue weighted by atomic mass is 9.61. The van der Waals surface area contributed by atoms with Crippen molar-refractivity contribution < 1.29 is 0 Å². The van der Waals surface area contributed by atoms with E-state index >= 15 is 0 Å². The van der Waals surface area contributed by atoms with Gasteiger partial charge in [0.1, 0.15) is 0 Å². The number of aromatic nitrogens is 1. The zero-order chi connectivity index (χ0) is 16.3. The zero-order valence-electron chi connectivity index (χ0n) is 13.6. The normalized spacial score (nSPS) is 36.9. The third-order valence-corrected chi connectivity index (χ3v) is 6.53. The summed E-state index contributed by atoms with van der Waals surface area (Å²) in [5, 5.41) is 0.762. The molecule has 4 fully saturated rings. The van der Waals surface area contributed by atoms with Gasteiger partial charge in [-0.15, -0.1) is 0 Å². The van der Waals surface area contributed by atoms with Crippen molar-refractivity contribution in [2.45, 2.75) is 24.9 Å². The Hall–Kier alpha value is -1.42. The highest BCUT2D eigenvalue weighted by Crippen LogP contribution is 2.51. The van der Waals surface area contributed by atoms with Gasteiger partial charge in [-0.1, -0.05) is 23.7 Å². The molecule has 0 spiro atoms. The van der Waals surface area contributed by atoms with E-state index in [2.05, 4.69) is 22.0 Å². The lowest BCUT2D eigenvalue weighted by Crippen LogP contribution is -2.63. The first-order valence-electron chi connectivity index (χ1n) is 8.89. The summed E-state index contributed by atoms with van der Waals surface area (Å²) >= 11 is 6.16. The maximum absolute atomic E-state index is 6.60. The maximum atomic E-state index is 6.60. The Morgan fingerprint density at radius 3 is 2.88 bits per heavy atom. The molecule has 4 heteroatoms. The summed E-state index contributed by atoms with van der Waals surface area (Å²) in [6.45, 7) is 2.38. The first-order chi connectivity index (χ1) is 11.7. The van der Waals surface area contributed by atoms with E-state index in [1.165, 1.54) is 24.9 Å². The predicted molar refractivity (Wildman–Crippen MR) is 96.7 cm³/mol. The molecule has 6 unspecified atom stereocenters. The fourth-order valence-corrected chi connectivity index (χ4v) is 5.56. The lowest BCUT2D eigenvalue weighted by molar-refractivity contribution is -0.0801. The summed E-state index contributed by atoms with van der Waals surface area (Å²) in [5.41, 5.74) is 10.2. The number of halogens is 1. The fourth-order valence-electron chi connectivity index (χ4n) is 5.37. The number of piperidine rings is 3. The molecule has 6 atom stereocenters. The minimum absolute atomic E-state index is 0.345. The summed E-state index contributed by atoms with van der Waals surface area (Å²) < 4.78 is 0. The topological polar surface area (TPSA) is 42.1 Å². The second-order valence-corrected chi connectivity index (χ2v) is 8.19. The molecule has 1 aromatic carbocycles. The Labute approximate surface area is 147 Å². The van der Waals surface area contributed by atoms with Gasteiger partial charge in [-0.25, -0.2) is 0 Å². The van der Waals surface area contributed by atoms with E-state index in [0.717, 1.165) is 28.6 Å². The van der Waals surface area contributed by atoms with Crippen molar-refractivity contribution in [3.63, 3.8) is 0 Å². The van der Waals surface area contributed by atoms with Crippen LogP contribution in [-0.4, -0.2) is 29.0 Å². The highest BCUT2D eigenvalue weighted by Gasteiger charge is 2.51. The van der Waals surface area contributed by atoms with E-state index in [4.69, 9.17) is 17.3 Å². The molecule has 1 saturated carbocycles. The van der Waals surface area contributed by atoms with Crippen LogP contribution in [0, 0.1) is 17.8 Å². The average Bonchev–Trinajstić information content (AvgIpc) is 2.59. The Balaban J connectivity index is 1.52. The van der Waals surface area contributed by atoms with E-state index in [9.17, 15) is 0 Å². The van der Waals surface area contributed by atoms with Crippen LogP contribution in [0.15, 0.2) is 42.7 Å². The van der Waals surface area contributed by atoms with E-state index in [1.807, 2.05) is 30.6 Å². The van der Waals surface area contributed by atoms with Gasteiger partial charge >= 0.3 is 0 Å². The van der Waals surface area contributed by atoms with Crippen molar-refractivity contribution in [2.75, 3.05) is 13.1 Å². The number of pyridine rings is 1. The van der Waals surface area contributed by atoms with Crippen molar-refractivity contribution in [2.24, 2.45) is 23.5 Å². The highest BCUT2D eigenvalue weighted by molar-refractivity contribution is 6.30. The molecule has 3 saturated heterocycles. The number of hydrogen-bond acceptors (Lipinski definition) is 3.